The molecule has 0 aliphatic heterocycles. The average molecular weight is 290 g/mol. The molecule has 0 N–H and O–H groups in total. The molecule has 1 aliphatic rings. The number of hydrogen-bond acceptors (Lipinski definition) is 2. The predicted molar refractivity (Wildman–Crippen MR) is 75.7 cm³/mol. The summed E-state index contributed by atoms with van der Waals surface area (Å²) in [4.78, 5) is 16.9. The summed E-state index contributed by atoms with van der Waals surface area (Å²) in [5.41, 5.74) is 1.92. The van der Waals surface area contributed by atoms with Crippen molar-refractivity contribution in [2.75, 3.05) is 0 Å². The lowest BCUT2D eigenvalue weighted by Gasteiger charge is -2.23. The van der Waals surface area contributed by atoms with Crippen LogP contribution < -0.4 is 0 Å². The second-order valence-corrected chi connectivity index (χ2v) is 5.42. The Morgan fingerprint density at radius 1 is 1.35 bits per heavy atom. The van der Waals surface area contributed by atoms with E-state index in [4.69, 9.17) is 11.6 Å². The summed E-state index contributed by atoms with van der Waals surface area (Å²) in [7, 11) is 0. The highest BCUT2D eigenvalue weighted by molar-refractivity contribution is 6.31. The molecule has 1 atom stereocenters. The minimum Gasteiger partial charge on any atom is -0.293 e. The number of benzene rings is 1. The summed E-state index contributed by atoms with van der Waals surface area (Å²) in [6.45, 7) is 0. The molecule has 2 aromatic rings. The third kappa shape index (κ3) is 2.34. The van der Waals surface area contributed by atoms with Crippen LogP contribution in [0.3, 0.4) is 0 Å². The van der Waals surface area contributed by atoms with E-state index in [1.165, 1.54) is 18.2 Å². The Hall–Kier alpha value is -1.74. The van der Waals surface area contributed by atoms with Crippen LogP contribution in [0.4, 0.5) is 4.39 Å². The summed E-state index contributed by atoms with van der Waals surface area (Å²) in [5.74, 6) is -1.12. The molecule has 1 heterocycles. The highest BCUT2D eigenvalue weighted by atomic mass is 35.5. The number of carbonyl (C=O) groups excluding carboxylic acids is 1. The molecule has 0 saturated carbocycles. The van der Waals surface area contributed by atoms with Crippen molar-refractivity contribution in [2.24, 2.45) is 0 Å². The van der Waals surface area contributed by atoms with Gasteiger partial charge in [0.1, 0.15) is 5.82 Å². The van der Waals surface area contributed by atoms with Crippen LogP contribution in [0.1, 0.15) is 40.4 Å². The van der Waals surface area contributed by atoms with Gasteiger partial charge in [-0.2, -0.15) is 0 Å². The van der Waals surface area contributed by atoms with Crippen molar-refractivity contribution in [1.29, 1.82) is 0 Å². The monoisotopic (exact) mass is 289 g/mol. The van der Waals surface area contributed by atoms with Crippen molar-refractivity contribution in [3.8, 4) is 0 Å². The Morgan fingerprint density at radius 3 is 3.05 bits per heavy atom. The Kier molecular flexibility index (Phi) is 3.53. The molecular formula is C16H13ClFNO. The normalized spacial score (nSPS) is 17.6. The van der Waals surface area contributed by atoms with E-state index in [-0.39, 0.29) is 17.3 Å². The molecular weight excluding hydrogens is 277 g/mol. The van der Waals surface area contributed by atoms with Crippen LogP contribution in [-0.2, 0) is 6.42 Å². The number of Topliss-reactive ketones (excluding diaryl/α,β-unsaturated/α-hetero) is 1. The molecule has 0 bridgehead atoms. The van der Waals surface area contributed by atoms with E-state index >= 15 is 0 Å². The van der Waals surface area contributed by atoms with Gasteiger partial charge < -0.3 is 0 Å². The van der Waals surface area contributed by atoms with Crippen LogP contribution in [0.2, 0.25) is 5.02 Å². The van der Waals surface area contributed by atoms with E-state index < -0.39 is 5.82 Å². The fraction of sp³-hybridized carbons (Fsp3) is 0.250. The topological polar surface area (TPSA) is 30.0 Å². The lowest BCUT2D eigenvalue weighted by molar-refractivity contribution is 0.0945. The van der Waals surface area contributed by atoms with Gasteiger partial charge in [0.2, 0.25) is 0 Å². The number of pyridine rings is 1. The molecule has 2 nitrogen and oxygen atoms in total. The van der Waals surface area contributed by atoms with Gasteiger partial charge >= 0.3 is 0 Å². The van der Waals surface area contributed by atoms with E-state index in [9.17, 15) is 9.18 Å². The summed E-state index contributed by atoms with van der Waals surface area (Å²) in [6, 6.07) is 7.93. The first-order valence-corrected chi connectivity index (χ1v) is 6.97. The number of nitrogens with zero attached hydrogens (tertiary/aromatic N) is 1. The van der Waals surface area contributed by atoms with Gasteiger partial charge in [-0.05, 0) is 49.1 Å². The van der Waals surface area contributed by atoms with Gasteiger partial charge in [-0.1, -0.05) is 17.7 Å². The number of rotatable bonds is 2. The third-order valence-corrected chi connectivity index (χ3v) is 3.94. The highest BCUT2D eigenvalue weighted by Crippen LogP contribution is 2.33. The summed E-state index contributed by atoms with van der Waals surface area (Å²) in [5, 5.41) is 0.367. The van der Waals surface area contributed by atoms with Gasteiger partial charge in [-0.25, -0.2) is 4.39 Å². The Bertz CT molecular complexity index is 671. The first-order chi connectivity index (χ1) is 9.66. The fourth-order valence-electron chi connectivity index (χ4n) is 2.74. The predicted octanol–water partition coefficient (Wildman–Crippen LogP) is 4.18. The molecule has 4 heteroatoms. The van der Waals surface area contributed by atoms with Crippen LogP contribution in [0, 0.1) is 5.82 Å². The highest BCUT2D eigenvalue weighted by Gasteiger charge is 2.29. The van der Waals surface area contributed by atoms with Crippen LogP contribution in [0.15, 0.2) is 36.5 Å². The SMILES string of the molecule is O=C(c1cc(Cl)ccc1F)C1CCCc2cccnc21. The van der Waals surface area contributed by atoms with Crippen molar-refractivity contribution >= 4 is 17.4 Å². The van der Waals surface area contributed by atoms with Crippen LogP contribution in [0.5, 0.6) is 0 Å². The van der Waals surface area contributed by atoms with Crippen LogP contribution in [0.25, 0.3) is 0 Å². The first kappa shape index (κ1) is 13.3. The van der Waals surface area contributed by atoms with Gasteiger partial charge in [-0.3, -0.25) is 9.78 Å². The Morgan fingerprint density at radius 2 is 2.20 bits per heavy atom. The van der Waals surface area contributed by atoms with E-state index in [0.29, 0.717) is 11.4 Å². The van der Waals surface area contributed by atoms with E-state index in [1.807, 2.05) is 12.1 Å². The second-order valence-electron chi connectivity index (χ2n) is 4.98. The molecule has 1 aromatic carbocycles. The van der Waals surface area contributed by atoms with Gasteiger partial charge in [0.05, 0.1) is 17.2 Å². The van der Waals surface area contributed by atoms with Gasteiger partial charge in [-0.15, -0.1) is 0 Å². The minimum atomic E-state index is -0.526. The van der Waals surface area contributed by atoms with Crippen LogP contribution >= 0.6 is 11.6 Å². The van der Waals surface area contributed by atoms with Gasteiger partial charge in [0.25, 0.3) is 0 Å². The van der Waals surface area contributed by atoms with Crippen molar-refractivity contribution in [2.45, 2.75) is 25.2 Å². The molecule has 1 aromatic heterocycles. The summed E-state index contributed by atoms with van der Waals surface area (Å²) in [6.07, 6.45) is 4.22. The number of fused-ring (bicyclic) bond motifs is 1. The number of aromatic nitrogens is 1. The maximum atomic E-state index is 13.9. The van der Waals surface area contributed by atoms with Gasteiger partial charge in [0, 0.05) is 11.2 Å². The quantitative estimate of drug-likeness (QED) is 0.777. The maximum Gasteiger partial charge on any atom is 0.174 e. The number of ketones is 1. The molecule has 102 valence electrons. The minimum absolute atomic E-state index is 0.0565. The van der Waals surface area contributed by atoms with Crippen molar-refractivity contribution in [3.63, 3.8) is 0 Å². The summed E-state index contributed by atoms with van der Waals surface area (Å²) >= 11 is 5.87. The lowest BCUT2D eigenvalue weighted by Crippen LogP contribution is -2.21. The number of hydrogen-bond donors (Lipinski definition) is 0. The standard InChI is InChI=1S/C16H13ClFNO/c17-11-6-7-14(18)13(9-11)16(20)12-5-1-3-10-4-2-8-19-15(10)12/h2,4,6-9,12H,1,3,5H2. The molecule has 1 aliphatic carbocycles. The van der Waals surface area contributed by atoms with Gasteiger partial charge in [0.15, 0.2) is 5.78 Å². The zero-order valence-corrected chi connectivity index (χ0v) is 11.5. The van der Waals surface area contributed by atoms with E-state index in [2.05, 4.69) is 4.98 Å². The molecule has 0 amide bonds. The lowest BCUT2D eigenvalue weighted by atomic mass is 9.82. The molecule has 3 rings (SSSR count). The maximum absolute atomic E-state index is 13.9. The van der Waals surface area contributed by atoms with E-state index in [1.54, 1.807) is 6.20 Å². The second kappa shape index (κ2) is 5.33. The molecule has 0 radical (unpaired) electrons. The summed E-state index contributed by atoms with van der Waals surface area (Å²) < 4.78 is 13.9. The zero-order chi connectivity index (χ0) is 14.1. The molecule has 1 unspecified atom stereocenters. The fourth-order valence-corrected chi connectivity index (χ4v) is 2.91. The van der Waals surface area contributed by atoms with Crippen LogP contribution in [-0.4, -0.2) is 10.8 Å². The van der Waals surface area contributed by atoms with Crippen molar-refractivity contribution in [3.05, 3.63) is 64.2 Å². The smallest absolute Gasteiger partial charge is 0.174 e. The number of aryl methyl sites for hydroxylation is 1. The van der Waals surface area contributed by atoms with Crippen molar-refractivity contribution < 1.29 is 9.18 Å². The first-order valence-electron chi connectivity index (χ1n) is 6.60. The van der Waals surface area contributed by atoms with E-state index in [0.717, 1.165) is 24.1 Å². The molecule has 0 spiro atoms. The number of halogens is 2. The molecule has 20 heavy (non-hydrogen) atoms. The average Bonchev–Trinajstić information content (AvgIpc) is 2.48. The molecule has 0 fully saturated rings. The third-order valence-electron chi connectivity index (χ3n) is 3.71. The molecule has 0 saturated heterocycles. The Balaban J connectivity index is 2.02. The Labute approximate surface area is 121 Å². The largest absolute Gasteiger partial charge is 0.293 e. The number of carbonyl (C=O) groups is 1. The van der Waals surface area contributed by atoms with Crippen molar-refractivity contribution in [1.82, 2.24) is 4.98 Å². The zero-order valence-electron chi connectivity index (χ0n) is 10.8.